The van der Waals surface area contributed by atoms with E-state index in [1.165, 1.54) is 18.3 Å². The molecule has 2 aliphatic heterocycles. The second-order valence-corrected chi connectivity index (χ2v) is 12.1. The van der Waals surface area contributed by atoms with Gasteiger partial charge in [-0.15, -0.1) is 11.3 Å². The van der Waals surface area contributed by atoms with Crippen LogP contribution in [0.5, 0.6) is 5.75 Å². The third-order valence-corrected chi connectivity index (χ3v) is 9.67. The maximum atomic E-state index is 13.3. The van der Waals surface area contributed by atoms with Gasteiger partial charge in [-0.3, -0.25) is 9.59 Å². The van der Waals surface area contributed by atoms with Crippen LogP contribution in [0, 0.1) is 5.41 Å². The molecule has 2 fully saturated rings. The van der Waals surface area contributed by atoms with E-state index >= 15 is 0 Å². The molecule has 8 nitrogen and oxygen atoms in total. The number of benzene rings is 1. The van der Waals surface area contributed by atoms with E-state index in [-0.39, 0.29) is 22.1 Å². The average Bonchev–Trinajstić information content (AvgIpc) is 3.49. The molecule has 10 heteroatoms. The molecule has 2 aromatic rings. The van der Waals surface area contributed by atoms with Gasteiger partial charge in [0.05, 0.1) is 12.0 Å². The van der Waals surface area contributed by atoms with Crippen LogP contribution in [-0.2, 0) is 26.0 Å². The molecular formula is C24H31N3O5S2. The molecule has 1 N–H and O–H groups in total. The van der Waals surface area contributed by atoms with Crippen LogP contribution in [0.3, 0.4) is 0 Å². The summed E-state index contributed by atoms with van der Waals surface area (Å²) < 4.78 is 33.0. The number of nitrogens with zero attached hydrogens (tertiary/aromatic N) is 2. The molecule has 1 aromatic heterocycles. The Labute approximate surface area is 204 Å². The molecule has 1 atom stereocenters. The first-order valence-corrected chi connectivity index (χ1v) is 13.8. The number of likely N-dealkylation sites (tertiary alicyclic amines) is 1. The molecule has 2 aliphatic rings. The highest BCUT2D eigenvalue weighted by Gasteiger charge is 2.45. The van der Waals surface area contributed by atoms with Crippen LogP contribution in [0.2, 0.25) is 0 Å². The van der Waals surface area contributed by atoms with E-state index in [2.05, 4.69) is 5.32 Å². The van der Waals surface area contributed by atoms with Crippen LogP contribution in [0.25, 0.3) is 0 Å². The summed E-state index contributed by atoms with van der Waals surface area (Å²) in [4.78, 5) is 28.2. The summed E-state index contributed by atoms with van der Waals surface area (Å²) >= 11 is 1.57. The molecule has 0 unspecified atom stereocenters. The number of amides is 2. The van der Waals surface area contributed by atoms with Gasteiger partial charge in [0.2, 0.25) is 21.8 Å². The minimum absolute atomic E-state index is 0.0630. The van der Waals surface area contributed by atoms with Gasteiger partial charge in [-0.05, 0) is 48.3 Å². The van der Waals surface area contributed by atoms with Crippen LogP contribution in [0.15, 0.2) is 46.7 Å². The number of carbonyl (C=O) groups is 2. The molecule has 0 aliphatic carbocycles. The van der Waals surface area contributed by atoms with Crippen LogP contribution >= 0.6 is 11.3 Å². The van der Waals surface area contributed by atoms with Gasteiger partial charge in [-0.1, -0.05) is 12.1 Å². The lowest BCUT2D eigenvalue weighted by atomic mass is 9.78. The molecule has 1 spiro atoms. The fourth-order valence-corrected chi connectivity index (χ4v) is 7.17. The van der Waals surface area contributed by atoms with E-state index in [1.54, 1.807) is 35.6 Å². The predicted molar refractivity (Wildman–Crippen MR) is 130 cm³/mol. The second kappa shape index (κ2) is 10.1. The molecule has 34 heavy (non-hydrogen) atoms. The van der Waals surface area contributed by atoms with Gasteiger partial charge in [0.1, 0.15) is 11.8 Å². The number of ether oxygens (including phenoxy) is 1. The monoisotopic (exact) mass is 505 g/mol. The third kappa shape index (κ3) is 5.29. The quantitative estimate of drug-likeness (QED) is 0.624. The smallest absolute Gasteiger partial charge is 0.245 e. The predicted octanol–water partition coefficient (Wildman–Crippen LogP) is 2.51. The Hall–Kier alpha value is -2.43. The first-order valence-electron chi connectivity index (χ1n) is 11.4. The Morgan fingerprint density at radius 2 is 1.88 bits per heavy atom. The van der Waals surface area contributed by atoms with E-state index in [0.717, 1.165) is 11.3 Å². The first kappa shape index (κ1) is 24.7. The van der Waals surface area contributed by atoms with Gasteiger partial charge < -0.3 is 15.0 Å². The van der Waals surface area contributed by atoms with E-state index < -0.39 is 16.1 Å². The maximum Gasteiger partial charge on any atom is 0.245 e. The normalized spacial score (nSPS) is 19.2. The lowest BCUT2D eigenvalue weighted by Gasteiger charge is -2.38. The summed E-state index contributed by atoms with van der Waals surface area (Å²) in [5.74, 6) is 0.225. The molecule has 0 bridgehead atoms. The average molecular weight is 506 g/mol. The minimum Gasteiger partial charge on any atom is -0.497 e. The number of piperidine rings is 1. The van der Waals surface area contributed by atoms with Crippen LogP contribution in [-0.4, -0.2) is 68.8 Å². The second-order valence-electron chi connectivity index (χ2n) is 9.13. The van der Waals surface area contributed by atoms with Crippen molar-refractivity contribution in [3.05, 3.63) is 46.7 Å². The first-order chi connectivity index (χ1) is 16.2. The highest BCUT2D eigenvalue weighted by Crippen LogP contribution is 2.41. The van der Waals surface area contributed by atoms with E-state index in [1.807, 2.05) is 22.4 Å². The van der Waals surface area contributed by atoms with Crippen LogP contribution < -0.4 is 10.1 Å². The number of thiophene rings is 1. The van der Waals surface area contributed by atoms with Crippen LogP contribution in [0.1, 0.15) is 31.1 Å². The molecule has 4 rings (SSSR count). The van der Waals surface area contributed by atoms with Crippen molar-refractivity contribution in [3.63, 3.8) is 0 Å². The van der Waals surface area contributed by atoms with Gasteiger partial charge in [-0.2, -0.15) is 4.31 Å². The highest BCUT2D eigenvalue weighted by molar-refractivity contribution is 7.89. The summed E-state index contributed by atoms with van der Waals surface area (Å²) in [5.41, 5.74) is -0.0836. The zero-order valence-electron chi connectivity index (χ0n) is 19.5. The number of hydrogen-bond acceptors (Lipinski definition) is 6. The zero-order chi connectivity index (χ0) is 24.3. The molecule has 0 saturated carbocycles. The third-order valence-electron chi connectivity index (χ3n) is 6.87. The molecule has 184 valence electrons. The van der Waals surface area contributed by atoms with E-state index in [0.29, 0.717) is 51.2 Å². The molecule has 0 radical (unpaired) electrons. The lowest BCUT2D eigenvalue weighted by molar-refractivity contribution is -0.135. The highest BCUT2D eigenvalue weighted by atomic mass is 32.2. The van der Waals surface area contributed by atoms with Gasteiger partial charge in [0.25, 0.3) is 0 Å². The van der Waals surface area contributed by atoms with Crippen molar-refractivity contribution in [2.45, 2.75) is 43.5 Å². The number of methoxy groups -OCH3 is 1. The number of rotatable bonds is 7. The Bertz CT molecular complexity index is 1130. The van der Waals surface area contributed by atoms with Crippen molar-refractivity contribution >= 4 is 33.2 Å². The summed E-state index contributed by atoms with van der Waals surface area (Å²) in [6.07, 6.45) is 2.73. The molecular weight excluding hydrogens is 474 g/mol. The zero-order valence-corrected chi connectivity index (χ0v) is 21.2. The SMILES string of the molecule is COc1cccc(S(=O)(=O)N2CCC3(CCN(C(=O)[C@H](Cc4cccs4)NC(C)=O)C3)CC2)c1. The Balaban J connectivity index is 1.40. The van der Waals surface area contributed by atoms with Gasteiger partial charge in [-0.25, -0.2) is 8.42 Å². The maximum absolute atomic E-state index is 13.3. The van der Waals surface area contributed by atoms with Gasteiger partial charge >= 0.3 is 0 Å². The summed E-state index contributed by atoms with van der Waals surface area (Å²) in [7, 11) is -2.09. The van der Waals surface area contributed by atoms with Crippen LogP contribution in [0.4, 0.5) is 0 Å². The summed E-state index contributed by atoms with van der Waals surface area (Å²) in [5, 5.41) is 4.78. The fraction of sp³-hybridized carbons (Fsp3) is 0.500. The lowest BCUT2D eigenvalue weighted by Crippen LogP contribution is -2.50. The molecule has 2 amide bonds. The van der Waals surface area contributed by atoms with Gasteiger partial charge in [0, 0.05) is 50.5 Å². The van der Waals surface area contributed by atoms with Crippen molar-refractivity contribution in [3.8, 4) is 5.75 Å². The van der Waals surface area contributed by atoms with Crippen molar-refractivity contribution in [1.29, 1.82) is 0 Å². The number of sulfonamides is 1. The van der Waals surface area contributed by atoms with Gasteiger partial charge in [0.15, 0.2) is 0 Å². The Morgan fingerprint density at radius 3 is 2.53 bits per heavy atom. The topological polar surface area (TPSA) is 96.0 Å². The standard InChI is InChI=1S/C24H31N3O5S2/c1-18(28)25-22(16-20-6-4-14-33-20)23(29)26-11-8-24(17-26)9-12-27(13-10-24)34(30,31)21-7-3-5-19(15-21)32-2/h3-7,14-15,22H,8-13,16-17H2,1-2H3,(H,25,28)/t22-/m0/s1. The number of carbonyl (C=O) groups excluding carboxylic acids is 2. The van der Waals surface area contributed by atoms with Crippen molar-refractivity contribution in [2.24, 2.45) is 5.41 Å². The molecule has 3 heterocycles. The van der Waals surface area contributed by atoms with Crippen molar-refractivity contribution in [1.82, 2.24) is 14.5 Å². The summed E-state index contributed by atoms with van der Waals surface area (Å²) in [6, 6.07) is 9.86. The number of nitrogens with one attached hydrogen (secondary N) is 1. The van der Waals surface area contributed by atoms with E-state index in [9.17, 15) is 18.0 Å². The summed E-state index contributed by atoms with van der Waals surface area (Å²) in [6.45, 7) is 3.50. The van der Waals surface area contributed by atoms with E-state index in [4.69, 9.17) is 4.74 Å². The minimum atomic E-state index is -3.60. The molecule has 1 aromatic carbocycles. The fourth-order valence-electron chi connectivity index (χ4n) is 4.94. The Kier molecular flexibility index (Phi) is 7.30. The largest absolute Gasteiger partial charge is 0.497 e. The number of hydrogen-bond donors (Lipinski definition) is 1. The van der Waals surface area contributed by atoms with Crippen molar-refractivity contribution < 1.29 is 22.7 Å². The Morgan fingerprint density at radius 1 is 1.15 bits per heavy atom. The molecule has 2 saturated heterocycles. The van der Waals surface area contributed by atoms with Crippen molar-refractivity contribution in [2.75, 3.05) is 33.3 Å².